The molecule has 0 spiro atoms. The van der Waals surface area contributed by atoms with Gasteiger partial charge in [-0.1, -0.05) is 363 Å². The largest absolute Gasteiger partial charge is 0.394 e. The minimum absolute atomic E-state index is 0.0725. The third-order valence-corrected chi connectivity index (χ3v) is 16.4. The van der Waals surface area contributed by atoms with Crippen LogP contribution in [0.15, 0.2) is 72.9 Å². The van der Waals surface area contributed by atoms with Gasteiger partial charge in [-0.2, -0.15) is 0 Å². The minimum Gasteiger partial charge on any atom is -0.394 e. The van der Waals surface area contributed by atoms with Gasteiger partial charge in [0.1, 0.15) is 0 Å². The van der Waals surface area contributed by atoms with Gasteiger partial charge in [0.05, 0.1) is 18.8 Å². The molecule has 4 heteroatoms. The first-order valence-corrected chi connectivity index (χ1v) is 35.7. The summed E-state index contributed by atoms with van der Waals surface area (Å²) in [6.07, 6.45) is 101. The third kappa shape index (κ3) is 66.5. The first-order chi connectivity index (χ1) is 39.2. The van der Waals surface area contributed by atoms with Crippen LogP contribution in [0.5, 0.6) is 0 Å². The number of unbranched alkanes of at least 4 members (excludes halogenated alkanes) is 49. The van der Waals surface area contributed by atoms with E-state index in [1.165, 1.54) is 308 Å². The van der Waals surface area contributed by atoms with E-state index in [2.05, 4.69) is 79.9 Å². The van der Waals surface area contributed by atoms with E-state index in [4.69, 9.17) is 0 Å². The molecule has 0 aliphatic heterocycles. The predicted octanol–water partition coefficient (Wildman–Crippen LogP) is 24.4. The summed E-state index contributed by atoms with van der Waals surface area (Å²) in [5, 5.41) is 23.3. The van der Waals surface area contributed by atoms with Crippen LogP contribution in [0.25, 0.3) is 0 Å². The van der Waals surface area contributed by atoms with Crippen molar-refractivity contribution in [3.05, 3.63) is 72.9 Å². The average Bonchev–Trinajstić information content (AvgIpc) is 3.45. The first kappa shape index (κ1) is 76.8. The zero-order valence-electron chi connectivity index (χ0n) is 53.4. The maximum absolute atomic E-state index is 12.5. The molecule has 0 heterocycles. The minimum atomic E-state index is -0.874. The summed E-state index contributed by atoms with van der Waals surface area (Å²) < 4.78 is 0. The first-order valence-electron chi connectivity index (χ1n) is 35.7. The number of aliphatic hydroxyl groups is 2. The molecule has 3 N–H and O–H groups in total. The Morgan fingerprint density at radius 1 is 0.304 bits per heavy atom. The molecule has 0 saturated heterocycles. The smallest absolute Gasteiger partial charge is 0.220 e. The van der Waals surface area contributed by atoms with Gasteiger partial charge in [0, 0.05) is 6.42 Å². The summed E-state index contributed by atoms with van der Waals surface area (Å²) in [6, 6.07) is -0.649. The van der Waals surface area contributed by atoms with E-state index in [1.807, 2.05) is 6.08 Å². The van der Waals surface area contributed by atoms with Gasteiger partial charge in [-0.15, -0.1) is 0 Å². The molecule has 2 unspecified atom stereocenters. The molecule has 0 fully saturated rings. The number of carbonyl (C=O) groups is 1. The maximum Gasteiger partial charge on any atom is 0.220 e. The van der Waals surface area contributed by atoms with E-state index < -0.39 is 12.1 Å². The Morgan fingerprint density at radius 2 is 0.532 bits per heavy atom. The van der Waals surface area contributed by atoms with Gasteiger partial charge in [-0.3, -0.25) is 4.79 Å². The Kier molecular flexibility index (Phi) is 68.2. The average molecular weight is 1100 g/mol. The monoisotopic (exact) mass is 1100 g/mol. The fourth-order valence-corrected chi connectivity index (χ4v) is 11.0. The topological polar surface area (TPSA) is 69.6 Å². The number of allylic oxidation sites excluding steroid dienone is 11. The van der Waals surface area contributed by atoms with Crippen LogP contribution in [-0.4, -0.2) is 34.9 Å². The third-order valence-electron chi connectivity index (χ3n) is 16.4. The Bertz CT molecular complexity index is 1340. The summed E-state index contributed by atoms with van der Waals surface area (Å²) in [5.41, 5.74) is 0. The molecule has 0 aliphatic carbocycles. The lowest BCUT2D eigenvalue weighted by Crippen LogP contribution is -2.45. The van der Waals surface area contributed by atoms with Gasteiger partial charge in [0.15, 0.2) is 0 Å². The maximum atomic E-state index is 12.5. The molecule has 462 valence electrons. The highest BCUT2D eigenvalue weighted by Crippen LogP contribution is 2.18. The fourth-order valence-electron chi connectivity index (χ4n) is 11.0. The fraction of sp³-hybridized carbons (Fsp3) is 0.827. The van der Waals surface area contributed by atoms with Crippen LogP contribution in [0.3, 0.4) is 0 Å². The van der Waals surface area contributed by atoms with Crippen molar-refractivity contribution in [3.8, 4) is 0 Å². The van der Waals surface area contributed by atoms with Gasteiger partial charge < -0.3 is 15.5 Å². The second-order valence-corrected chi connectivity index (χ2v) is 24.3. The lowest BCUT2D eigenvalue weighted by molar-refractivity contribution is -0.123. The number of hydrogen-bond donors (Lipinski definition) is 3. The molecule has 0 rings (SSSR count). The SMILES string of the molecule is CCCCCCC/C=C\C/C=C\C/C=C\CCCCCCCCCCCCCCCCCCCCCCCCC(=O)NC(CO)C(O)/C=C/CC/C=C/CC/C=C/CCCCCCCCCCCCCCCCCCCCCC. The van der Waals surface area contributed by atoms with Gasteiger partial charge in [0.25, 0.3) is 0 Å². The van der Waals surface area contributed by atoms with E-state index in [-0.39, 0.29) is 12.5 Å². The van der Waals surface area contributed by atoms with Crippen molar-refractivity contribution in [2.24, 2.45) is 0 Å². The second-order valence-electron chi connectivity index (χ2n) is 24.3. The van der Waals surface area contributed by atoms with Crippen molar-refractivity contribution in [3.63, 3.8) is 0 Å². The number of carbonyl (C=O) groups excluding carboxylic acids is 1. The highest BCUT2D eigenvalue weighted by Gasteiger charge is 2.18. The van der Waals surface area contributed by atoms with Crippen molar-refractivity contribution in [2.75, 3.05) is 6.61 Å². The van der Waals surface area contributed by atoms with Crippen molar-refractivity contribution >= 4 is 5.91 Å². The molecule has 0 aliphatic rings. The Morgan fingerprint density at radius 3 is 0.823 bits per heavy atom. The van der Waals surface area contributed by atoms with Crippen molar-refractivity contribution in [1.82, 2.24) is 5.32 Å². The van der Waals surface area contributed by atoms with Gasteiger partial charge in [0.2, 0.25) is 5.91 Å². The standard InChI is InChI=1S/C75H139NO3/c1-3-5-7-9-11-13-15-17-19-21-23-25-27-29-31-33-35-36-37-38-39-40-41-43-45-47-49-51-53-55-57-59-61-63-65-67-69-71-75(79)76-73(72-77)74(78)70-68-66-64-62-60-58-56-54-52-50-48-46-44-42-34-32-30-28-26-24-22-20-18-16-14-12-10-8-6-4-2/h15,17,21,23,27,29,52,54,60,62,68,70,73-74,77-78H,3-14,16,18-20,22,24-26,28,30-51,53,55-59,61,63-67,69,71-72H2,1-2H3,(H,76,79)/b17-15-,23-21-,29-27-,54-52+,62-60+,70-68+. The number of nitrogens with one attached hydrogen (secondary N) is 1. The lowest BCUT2D eigenvalue weighted by Gasteiger charge is -2.19. The summed E-state index contributed by atoms with van der Waals surface area (Å²) in [6.45, 7) is 4.32. The summed E-state index contributed by atoms with van der Waals surface area (Å²) in [5.74, 6) is -0.0725. The highest BCUT2D eigenvalue weighted by molar-refractivity contribution is 5.76. The van der Waals surface area contributed by atoms with Crippen LogP contribution in [0.1, 0.15) is 380 Å². The molecule has 2 atom stereocenters. The van der Waals surface area contributed by atoms with Gasteiger partial charge in [-0.25, -0.2) is 0 Å². The summed E-state index contributed by atoms with van der Waals surface area (Å²) >= 11 is 0. The van der Waals surface area contributed by atoms with Crippen LogP contribution in [0.2, 0.25) is 0 Å². The summed E-state index contributed by atoms with van der Waals surface area (Å²) in [7, 11) is 0. The van der Waals surface area contributed by atoms with E-state index in [0.717, 1.165) is 51.4 Å². The normalized spacial score (nSPS) is 13.1. The number of hydrogen-bond acceptors (Lipinski definition) is 3. The van der Waals surface area contributed by atoms with Crippen LogP contribution in [0.4, 0.5) is 0 Å². The number of rotatable bonds is 66. The van der Waals surface area contributed by atoms with E-state index >= 15 is 0 Å². The van der Waals surface area contributed by atoms with E-state index in [9.17, 15) is 15.0 Å². The van der Waals surface area contributed by atoms with E-state index in [1.54, 1.807) is 6.08 Å². The molecule has 0 aromatic carbocycles. The zero-order valence-corrected chi connectivity index (χ0v) is 53.4. The van der Waals surface area contributed by atoms with Crippen LogP contribution >= 0.6 is 0 Å². The van der Waals surface area contributed by atoms with E-state index in [0.29, 0.717) is 6.42 Å². The molecule has 1 amide bonds. The quantitative estimate of drug-likeness (QED) is 0.0420. The molecule has 0 aromatic heterocycles. The predicted molar refractivity (Wildman–Crippen MR) is 354 cm³/mol. The lowest BCUT2D eigenvalue weighted by atomic mass is 10.0. The van der Waals surface area contributed by atoms with Crippen molar-refractivity contribution in [1.29, 1.82) is 0 Å². The molecular formula is C75H139NO3. The molecule has 0 aromatic rings. The molecule has 0 saturated carbocycles. The Hall–Kier alpha value is -2.17. The molecular weight excluding hydrogens is 963 g/mol. The number of aliphatic hydroxyl groups excluding tert-OH is 2. The second kappa shape index (κ2) is 70.1. The van der Waals surface area contributed by atoms with Gasteiger partial charge in [-0.05, 0) is 83.5 Å². The molecule has 0 bridgehead atoms. The highest BCUT2D eigenvalue weighted by atomic mass is 16.3. The van der Waals surface area contributed by atoms with Gasteiger partial charge >= 0.3 is 0 Å². The molecule has 0 radical (unpaired) electrons. The number of amides is 1. The Balaban J connectivity index is 3.48. The van der Waals surface area contributed by atoms with Crippen molar-refractivity contribution < 1.29 is 15.0 Å². The van der Waals surface area contributed by atoms with Crippen LogP contribution in [-0.2, 0) is 4.79 Å². The van der Waals surface area contributed by atoms with Crippen molar-refractivity contribution in [2.45, 2.75) is 392 Å². The molecule has 79 heavy (non-hydrogen) atoms. The zero-order chi connectivity index (χ0) is 56.9. The Labute approximate surface area is 495 Å². The van der Waals surface area contributed by atoms with Crippen LogP contribution < -0.4 is 5.32 Å². The van der Waals surface area contributed by atoms with Crippen LogP contribution in [0, 0.1) is 0 Å². The summed E-state index contributed by atoms with van der Waals surface area (Å²) in [4.78, 5) is 12.5. The molecule has 4 nitrogen and oxygen atoms in total.